The van der Waals surface area contributed by atoms with Crippen LogP contribution in [-0.2, 0) is 68.9 Å². The van der Waals surface area contributed by atoms with Crippen molar-refractivity contribution in [2.75, 3.05) is 47.3 Å². The van der Waals surface area contributed by atoms with Crippen molar-refractivity contribution in [2.24, 2.45) is 5.92 Å². The van der Waals surface area contributed by atoms with Gasteiger partial charge in [0.1, 0.15) is 6.61 Å². The number of esters is 5. The lowest BCUT2D eigenvalue weighted by molar-refractivity contribution is -0.140. The Kier molecular flexibility index (Phi) is 85.0. The van der Waals surface area contributed by atoms with Crippen molar-refractivity contribution in [1.82, 2.24) is 0 Å². The summed E-state index contributed by atoms with van der Waals surface area (Å²) >= 11 is 0. The molecule has 15 nitrogen and oxygen atoms in total. The zero-order valence-corrected chi connectivity index (χ0v) is 57.6. The van der Waals surface area contributed by atoms with Gasteiger partial charge in [0, 0.05) is 35.5 Å². The summed E-state index contributed by atoms with van der Waals surface area (Å²) in [6.07, 6.45) is 9.96. The Morgan fingerprint density at radius 1 is 0.429 bits per heavy atom. The second kappa shape index (κ2) is 61.8. The van der Waals surface area contributed by atoms with E-state index in [1.165, 1.54) is 44.9 Å². The zero-order chi connectivity index (χ0) is 59.9. The number of ether oxygens (including phenoxy) is 6. The van der Waals surface area contributed by atoms with Crippen LogP contribution in [0.3, 0.4) is 0 Å². The lowest BCUT2D eigenvalue weighted by Gasteiger charge is -2.38. The van der Waals surface area contributed by atoms with Gasteiger partial charge in [0.2, 0.25) is 0 Å². The fourth-order valence-electron chi connectivity index (χ4n) is 6.77. The van der Waals surface area contributed by atoms with Crippen LogP contribution in [0.4, 0.5) is 0 Å². The second-order valence-corrected chi connectivity index (χ2v) is 47.3. The van der Waals surface area contributed by atoms with Crippen molar-refractivity contribution in [1.29, 1.82) is 0 Å². The van der Waals surface area contributed by atoms with Gasteiger partial charge in [-0.05, 0) is 156 Å². The highest BCUT2D eigenvalue weighted by Gasteiger charge is 2.40. The Hall–Kier alpha value is -2.85. The molecule has 0 saturated carbocycles. The van der Waals surface area contributed by atoms with E-state index >= 15 is 0 Å². The minimum atomic E-state index is -2.12. The lowest BCUT2D eigenvalue weighted by Crippen LogP contribution is -2.52. The highest BCUT2D eigenvalue weighted by molar-refractivity contribution is 6.88. The minimum absolute atomic E-state index is 0. The first-order valence-corrected chi connectivity index (χ1v) is 44.8. The smallest absolute Gasteiger partial charge is 0.333 e. The summed E-state index contributed by atoms with van der Waals surface area (Å²) in [4.78, 5) is 54.3. The predicted octanol–water partition coefficient (Wildman–Crippen LogP) is 19.9. The fraction of sp³-hybridized carbons (Fsp3) is 0.762. The van der Waals surface area contributed by atoms with Crippen molar-refractivity contribution in [3.63, 3.8) is 0 Å². The maximum Gasteiger partial charge on any atom is 0.333 e. The summed E-state index contributed by atoms with van der Waals surface area (Å²) < 4.78 is 54.6. The largest absolute Gasteiger partial charge is 0.466 e. The molecule has 84 heavy (non-hydrogen) atoms. The monoisotopic (exact) mass is 1310 g/mol. The van der Waals surface area contributed by atoms with Crippen molar-refractivity contribution in [3.05, 3.63) is 61.3 Å². The van der Waals surface area contributed by atoms with Gasteiger partial charge in [-0.15, -0.1) is 0 Å². The second-order valence-electron chi connectivity index (χ2n) is 22.2. The first kappa shape index (κ1) is 116. The molecule has 0 fully saturated rings. The molecule has 0 spiro atoms. The summed E-state index contributed by atoms with van der Waals surface area (Å²) in [5.74, 6) is -1.12. The van der Waals surface area contributed by atoms with E-state index in [2.05, 4.69) is 153 Å². The lowest BCUT2D eigenvalue weighted by atomic mass is 10.0. The number of methoxy groups -OCH3 is 2. The predicted molar refractivity (Wildman–Crippen MR) is 385 cm³/mol. The number of hydrogen-bond donors (Lipinski definition) is 0. The van der Waals surface area contributed by atoms with E-state index in [1.54, 1.807) is 34.8 Å². The van der Waals surface area contributed by atoms with E-state index in [0.29, 0.717) is 61.2 Å². The van der Waals surface area contributed by atoms with Crippen molar-refractivity contribution < 1.29 is 68.9 Å². The molecule has 0 bridgehead atoms. The summed E-state index contributed by atoms with van der Waals surface area (Å²) in [7, 11) is -8.15. The van der Waals surface area contributed by atoms with Gasteiger partial charge in [-0.25, -0.2) is 24.0 Å². The first-order chi connectivity index (χ1) is 34.1. The number of unbranched alkanes of at least 4 members (excludes halogenated alkanes) is 2. The molecule has 0 aliphatic heterocycles. The third-order valence-corrected chi connectivity index (χ3v) is 31.5. The maximum atomic E-state index is 11.4. The van der Waals surface area contributed by atoms with Gasteiger partial charge in [-0.1, -0.05) is 153 Å². The van der Waals surface area contributed by atoms with Crippen molar-refractivity contribution in [2.45, 2.75) is 270 Å². The molecule has 1 atom stereocenters. The molecule has 0 aromatic rings. The minimum Gasteiger partial charge on any atom is -0.466 e. The highest BCUT2D eigenvalue weighted by Crippen LogP contribution is 2.27. The Morgan fingerprint density at radius 3 is 0.988 bits per heavy atom. The van der Waals surface area contributed by atoms with Crippen LogP contribution in [0.2, 0.25) is 103 Å². The van der Waals surface area contributed by atoms with Gasteiger partial charge < -0.3 is 44.9 Å². The van der Waals surface area contributed by atoms with Crippen LogP contribution in [0, 0.1) is 5.92 Å². The third kappa shape index (κ3) is 79.2. The van der Waals surface area contributed by atoms with Crippen LogP contribution in [0.1, 0.15) is 167 Å². The fourth-order valence-corrected chi connectivity index (χ4v) is 34.1. The first-order valence-electron chi connectivity index (χ1n) is 26.5. The molecule has 1 unspecified atom stereocenters. The molecule has 0 aromatic carbocycles. The molecule has 21 heteroatoms. The van der Waals surface area contributed by atoms with Gasteiger partial charge >= 0.3 is 47.0 Å². The molecule has 0 saturated heterocycles. The quantitative estimate of drug-likeness (QED) is 0.0199. The van der Waals surface area contributed by atoms with Crippen LogP contribution in [-0.4, -0.2) is 127 Å². The van der Waals surface area contributed by atoms with E-state index in [1.807, 2.05) is 0 Å². The maximum absolute atomic E-state index is 11.4. The standard InChI is InChI=1S/C17H38O4Si3.C14H32O4Si3.C11H20O2.C7H12O3.C5H8O2.9CH4/c1-10-11-14-22(4,5)20-24(8,9)21-23(6,7)15-12-13-19-17(18)16(2)3;1-13(2)14(15)16-11-10-12-20(6,7)18-21(8,9)17-19(3,4)5;1-4-7-8-10(5-2)9-13-11(12)6-3;1-6(2)7(8)10-5-4-9-3;1-4(2)5(6)7-3;;;;;;;;;/h2,10-15H2,1,3-9H3;1,10-12H2,2-9H3;6,10H,3-5,7-9H2,1-2H3;1,4-5H2,2-3H3;1H2,2-3H3;9*1H4. The van der Waals surface area contributed by atoms with Gasteiger partial charge in [-0.2, -0.15) is 0 Å². The SMILES string of the molecule is C.C.C.C.C.C.C.C.C.C=C(C)C(=O)OC.C=C(C)C(=O)OCCC[Si](C)(C)O[Si](C)(C)O[Si](C)(C)C.C=C(C)C(=O)OCCC[Si](C)(C)O[Si](C)(C)O[Si](C)(C)CCCC.C=C(C)C(=O)OCCOC.C=CC(=O)OCC(CC)CCCC. The number of carbonyl (C=O) groups is 5. The molecule has 0 heterocycles. The zero-order valence-electron chi connectivity index (χ0n) is 51.6. The summed E-state index contributed by atoms with van der Waals surface area (Å²) in [5.41, 5.74) is 1.74. The summed E-state index contributed by atoms with van der Waals surface area (Å²) in [5, 5.41) is 0. The average molecular weight is 1310 g/mol. The molecule has 0 rings (SSSR count). The molecule has 0 aliphatic carbocycles. The molecule has 0 aliphatic rings. The van der Waals surface area contributed by atoms with Gasteiger partial charge in [0.05, 0.1) is 33.5 Å². The summed E-state index contributed by atoms with van der Waals surface area (Å²) in [6.45, 7) is 61.1. The molecule has 0 radical (unpaired) electrons. The Bertz CT molecular complexity index is 1710. The molecule has 0 amide bonds. The Balaban J connectivity index is -0.0000000624. The average Bonchev–Trinajstić information content (AvgIpc) is 3.26. The van der Waals surface area contributed by atoms with Crippen LogP contribution in [0.5, 0.6) is 0 Å². The third-order valence-electron chi connectivity index (χ3n) is 9.83. The Labute approximate surface area is 530 Å². The van der Waals surface area contributed by atoms with Crippen LogP contribution < -0.4 is 0 Å². The van der Waals surface area contributed by atoms with Crippen molar-refractivity contribution in [3.8, 4) is 0 Å². The van der Waals surface area contributed by atoms with Gasteiger partial charge in [0.25, 0.3) is 0 Å². The normalized spacial score (nSPS) is 10.6. The molecular formula is C63H146O15Si6. The van der Waals surface area contributed by atoms with Crippen molar-refractivity contribution >= 4 is 80.2 Å². The van der Waals surface area contributed by atoms with E-state index in [4.69, 9.17) is 30.7 Å². The Morgan fingerprint density at radius 2 is 0.738 bits per heavy atom. The number of hydrogen-bond acceptors (Lipinski definition) is 15. The van der Waals surface area contributed by atoms with Gasteiger partial charge in [0.15, 0.2) is 33.3 Å². The van der Waals surface area contributed by atoms with E-state index in [-0.39, 0.29) is 96.7 Å². The summed E-state index contributed by atoms with van der Waals surface area (Å²) in [6, 6.07) is 3.12. The molecule has 512 valence electrons. The van der Waals surface area contributed by atoms with Crippen LogP contribution >= 0.6 is 0 Å². The van der Waals surface area contributed by atoms with E-state index < -0.39 is 50.4 Å². The molecule has 0 aromatic heterocycles. The topological polar surface area (TPSA) is 178 Å². The highest BCUT2D eigenvalue weighted by atomic mass is 28.5. The molecular weight excluding hydrogens is 1170 g/mol. The van der Waals surface area contributed by atoms with E-state index in [9.17, 15) is 24.0 Å². The van der Waals surface area contributed by atoms with Crippen LogP contribution in [0.15, 0.2) is 61.3 Å². The van der Waals surface area contributed by atoms with Crippen LogP contribution in [0.25, 0.3) is 0 Å². The van der Waals surface area contributed by atoms with E-state index in [0.717, 1.165) is 37.8 Å². The number of rotatable bonds is 33. The number of carbonyl (C=O) groups excluding carboxylic acids is 5. The van der Waals surface area contributed by atoms with Gasteiger partial charge in [-0.3, -0.25) is 0 Å². The molecule has 0 N–H and O–H groups in total.